The molecule has 1 heterocycles. The predicted octanol–water partition coefficient (Wildman–Crippen LogP) is 1.81. The Bertz CT molecular complexity index is 515. The highest BCUT2D eigenvalue weighted by atomic mass is 16.2. The minimum absolute atomic E-state index is 0.277. The van der Waals surface area contributed by atoms with Crippen molar-refractivity contribution in [1.29, 1.82) is 0 Å². The Kier molecular flexibility index (Phi) is 3.05. The second kappa shape index (κ2) is 4.65. The van der Waals surface area contributed by atoms with E-state index in [-0.39, 0.29) is 5.70 Å². The first-order chi connectivity index (χ1) is 8.15. The van der Waals surface area contributed by atoms with Gasteiger partial charge < -0.3 is 5.32 Å². The monoisotopic (exact) mass is 228 g/mol. The normalized spacial score (nSPS) is 18.2. The second-order valence-corrected chi connectivity index (χ2v) is 3.77. The molecule has 4 nitrogen and oxygen atoms in total. The van der Waals surface area contributed by atoms with E-state index in [9.17, 15) is 9.59 Å². The van der Waals surface area contributed by atoms with Gasteiger partial charge in [-0.1, -0.05) is 36.4 Å². The molecule has 0 aromatic heterocycles. The lowest BCUT2D eigenvalue weighted by molar-refractivity contribution is -0.115. The lowest BCUT2D eigenvalue weighted by Crippen LogP contribution is -2.22. The minimum atomic E-state index is -0.478. The average Bonchev–Trinajstić information content (AvgIpc) is 2.58. The first-order valence-corrected chi connectivity index (χ1v) is 5.22. The van der Waals surface area contributed by atoms with E-state index in [2.05, 4.69) is 10.6 Å². The van der Waals surface area contributed by atoms with Crippen molar-refractivity contribution in [2.75, 3.05) is 0 Å². The van der Waals surface area contributed by atoms with Crippen LogP contribution in [0.1, 0.15) is 12.5 Å². The summed E-state index contributed by atoms with van der Waals surface area (Å²) in [5, 5.41) is 4.59. The number of nitrogens with one attached hydrogen (secondary N) is 2. The molecule has 1 aliphatic heterocycles. The molecule has 0 atom stereocenters. The van der Waals surface area contributed by atoms with E-state index in [4.69, 9.17) is 0 Å². The van der Waals surface area contributed by atoms with Crippen LogP contribution in [0.5, 0.6) is 0 Å². The molecule has 1 fully saturated rings. The van der Waals surface area contributed by atoms with Crippen molar-refractivity contribution in [3.63, 3.8) is 0 Å². The van der Waals surface area contributed by atoms with Crippen molar-refractivity contribution < 1.29 is 9.59 Å². The Morgan fingerprint density at radius 2 is 1.82 bits per heavy atom. The van der Waals surface area contributed by atoms with Gasteiger partial charge in [0.2, 0.25) is 0 Å². The minimum Gasteiger partial charge on any atom is -0.303 e. The van der Waals surface area contributed by atoms with Gasteiger partial charge in [-0.2, -0.15) is 0 Å². The van der Waals surface area contributed by atoms with Crippen molar-refractivity contribution in [3.05, 3.63) is 53.2 Å². The third kappa shape index (κ3) is 2.81. The SMILES string of the molecule is CC(=C/c1ccccc1)/C=C1\NC(=O)NC1=O. The summed E-state index contributed by atoms with van der Waals surface area (Å²) in [6.45, 7) is 1.87. The lowest BCUT2D eigenvalue weighted by Gasteiger charge is -1.97. The topological polar surface area (TPSA) is 58.2 Å². The Balaban J connectivity index is 2.19. The zero-order valence-electron chi connectivity index (χ0n) is 9.36. The van der Waals surface area contributed by atoms with Crippen LogP contribution in [0.4, 0.5) is 4.79 Å². The molecule has 2 N–H and O–H groups in total. The van der Waals surface area contributed by atoms with Gasteiger partial charge in [-0.15, -0.1) is 0 Å². The number of imide groups is 1. The number of allylic oxidation sites excluding steroid dienone is 2. The highest BCUT2D eigenvalue weighted by Crippen LogP contribution is 2.09. The molecule has 3 amide bonds. The van der Waals surface area contributed by atoms with Crippen molar-refractivity contribution in [2.45, 2.75) is 6.92 Å². The number of hydrogen-bond acceptors (Lipinski definition) is 2. The summed E-state index contributed by atoms with van der Waals surface area (Å²) in [7, 11) is 0. The number of amides is 3. The number of rotatable bonds is 2. The van der Waals surface area contributed by atoms with Crippen molar-refractivity contribution in [1.82, 2.24) is 10.6 Å². The molecule has 17 heavy (non-hydrogen) atoms. The van der Waals surface area contributed by atoms with E-state index >= 15 is 0 Å². The Hall–Kier alpha value is -2.36. The molecule has 86 valence electrons. The maximum absolute atomic E-state index is 11.3. The highest BCUT2D eigenvalue weighted by Gasteiger charge is 2.22. The summed E-state index contributed by atoms with van der Waals surface area (Å²) >= 11 is 0. The largest absolute Gasteiger partial charge is 0.326 e. The van der Waals surface area contributed by atoms with Gasteiger partial charge in [-0.05, 0) is 24.1 Å². The van der Waals surface area contributed by atoms with Crippen LogP contribution in [0.2, 0.25) is 0 Å². The van der Waals surface area contributed by atoms with Crippen molar-refractivity contribution in [3.8, 4) is 0 Å². The molecular formula is C13H12N2O2. The van der Waals surface area contributed by atoms with Gasteiger partial charge in [0.05, 0.1) is 0 Å². The van der Waals surface area contributed by atoms with Gasteiger partial charge in [0.25, 0.3) is 5.91 Å². The molecule has 0 spiro atoms. The molecule has 0 aliphatic carbocycles. The van der Waals surface area contributed by atoms with Gasteiger partial charge in [-0.25, -0.2) is 4.79 Å². The van der Waals surface area contributed by atoms with E-state index in [0.29, 0.717) is 0 Å². The maximum atomic E-state index is 11.3. The van der Waals surface area contributed by atoms with Crippen molar-refractivity contribution in [2.24, 2.45) is 0 Å². The van der Waals surface area contributed by atoms with Gasteiger partial charge >= 0.3 is 6.03 Å². The molecule has 1 aromatic rings. The second-order valence-electron chi connectivity index (χ2n) is 3.77. The molecule has 4 heteroatoms. The van der Waals surface area contributed by atoms with Crippen LogP contribution in [-0.2, 0) is 4.79 Å². The van der Waals surface area contributed by atoms with E-state index in [1.54, 1.807) is 6.08 Å². The van der Waals surface area contributed by atoms with E-state index in [1.807, 2.05) is 43.3 Å². The predicted molar refractivity (Wildman–Crippen MR) is 64.9 cm³/mol. The fraction of sp³-hybridized carbons (Fsp3) is 0.0769. The molecule has 0 unspecified atom stereocenters. The average molecular weight is 228 g/mol. The first-order valence-electron chi connectivity index (χ1n) is 5.22. The highest BCUT2D eigenvalue weighted by molar-refractivity contribution is 6.11. The van der Waals surface area contributed by atoms with E-state index in [0.717, 1.165) is 11.1 Å². The van der Waals surface area contributed by atoms with Gasteiger partial charge in [0, 0.05) is 0 Å². The molecule has 1 saturated heterocycles. The van der Waals surface area contributed by atoms with Crippen LogP contribution in [0.25, 0.3) is 6.08 Å². The van der Waals surface area contributed by atoms with Crippen LogP contribution in [0.15, 0.2) is 47.7 Å². The number of hydrogen-bond donors (Lipinski definition) is 2. The standard InChI is InChI=1S/C13H12N2O2/c1-9(7-10-5-3-2-4-6-10)8-11-12(16)15-13(17)14-11/h2-8H,1H3,(H2,14,15,16,17)/b9-7-,11-8-. The van der Waals surface area contributed by atoms with E-state index < -0.39 is 11.9 Å². The third-order valence-electron chi connectivity index (χ3n) is 2.29. The summed E-state index contributed by atoms with van der Waals surface area (Å²) in [6, 6.07) is 9.28. The lowest BCUT2D eigenvalue weighted by atomic mass is 10.1. The fourth-order valence-corrected chi connectivity index (χ4v) is 1.56. The number of urea groups is 1. The third-order valence-corrected chi connectivity index (χ3v) is 2.29. The van der Waals surface area contributed by atoms with Gasteiger partial charge in [0.15, 0.2) is 0 Å². The number of carbonyl (C=O) groups excluding carboxylic acids is 2. The van der Waals surface area contributed by atoms with Gasteiger partial charge in [-0.3, -0.25) is 10.1 Å². The van der Waals surface area contributed by atoms with E-state index in [1.165, 1.54) is 0 Å². The summed E-state index contributed by atoms with van der Waals surface area (Å²) in [4.78, 5) is 22.2. The molecule has 0 saturated carbocycles. The molecule has 1 aliphatic rings. The summed E-state index contributed by atoms with van der Waals surface area (Å²) < 4.78 is 0. The maximum Gasteiger partial charge on any atom is 0.326 e. The molecule has 2 rings (SSSR count). The first kappa shape index (κ1) is 11.1. The van der Waals surface area contributed by atoms with Crippen LogP contribution < -0.4 is 10.6 Å². The Morgan fingerprint density at radius 1 is 1.12 bits per heavy atom. The molecular weight excluding hydrogens is 216 g/mol. The molecule has 1 aromatic carbocycles. The Morgan fingerprint density at radius 3 is 2.41 bits per heavy atom. The molecule has 0 radical (unpaired) electrons. The van der Waals surface area contributed by atoms with Crippen LogP contribution in [0, 0.1) is 0 Å². The summed E-state index contributed by atoms with van der Waals surface area (Å²) in [5.41, 5.74) is 2.22. The summed E-state index contributed by atoms with van der Waals surface area (Å²) in [5.74, 6) is -0.393. The summed E-state index contributed by atoms with van der Waals surface area (Å²) in [6.07, 6.45) is 3.58. The van der Waals surface area contributed by atoms with Crippen LogP contribution in [0.3, 0.4) is 0 Å². The Labute approximate surface area is 99.0 Å². The zero-order valence-corrected chi connectivity index (χ0v) is 9.36. The quantitative estimate of drug-likeness (QED) is 0.599. The van der Waals surface area contributed by atoms with Crippen molar-refractivity contribution >= 4 is 18.0 Å². The van der Waals surface area contributed by atoms with Crippen LogP contribution in [-0.4, -0.2) is 11.9 Å². The molecule has 0 bridgehead atoms. The smallest absolute Gasteiger partial charge is 0.303 e. The van der Waals surface area contributed by atoms with Gasteiger partial charge in [0.1, 0.15) is 5.70 Å². The fourth-order valence-electron chi connectivity index (χ4n) is 1.56. The number of benzene rings is 1. The zero-order chi connectivity index (χ0) is 12.3. The number of carbonyl (C=O) groups is 2. The van der Waals surface area contributed by atoms with Crippen LogP contribution >= 0.6 is 0 Å².